The van der Waals surface area contributed by atoms with E-state index in [2.05, 4.69) is 39.8 Å². The van der Waals surface area contributed by atoms with Gasteiger partial charge in [0.15, 0.2) is 0 Å². The highest BCUT2D eigenvalue weighted by atomic mass is 16.2. The van der Waals surface area contributed by atoms with E-state index in [9.17, 15) is 9.59 Å². The van der Waals surface area contributed by atoms with Crippen LogP contribution < -0.4 is 15.5 Å². The van der Waals surface area contributed by atoms with Crippen LogP contribution in [-0.4, -0.2) is 24.4 Å². The molecule has 1 aliphatic heterocycles. The molecule has 4 rings (SSSR count). The zero-order valence-corrected chi connectivity index (χ0v) is 19.5. The maximum absolute atomic E-state index is 13.4. The highest BCUT2D eigenvalue weighted by Crippen LogP contribution is 2.31. The lowest BCUT2D eigenvalue weighted by Gasteiger charge is -2.33. The highest BCUT2D eigenvalue weighted by Gasteiger charge is 2.25. The molecule has 0 bridgehead atoms. The molecule has 0 unspecified atom stereocenters. The van der Waals surface area contributed by atoms with E-state index in [1.54, 1.807) is 0 Å². The van der Waals surface area contributed by atoms with Crippen molar-refractivity contribution in [2.45, 2.75) is 71.9 Å². The van der Waals surface area contributed by atoms with Crippen molar-refractivity contribution >= 4 is 23.2 Å². The monoisotopic (exact) mass is 433 g/mol. The number of nitrogens with zero attached hydrogens (tertiary/aromatic N) is 1. The predicted octanol–water partition coefficient (Wildman–Crippen LogP) is 5.30. The zero-order valence-electron chi connectivity index (χ0n) is 19.5. The van der Waals surface area contributed by atoms with Crippen molar-refractivity contribution in [3.63, 3.8) is 0 Å². The lowest BCUT2D eigenvalue weighted by molar-refractivity contribution is -0.123. The number of benzene rings is 2. The molecular formula is C27H35N3O2. The third-order valence-electron chi connectivity index (χ3n) is 6.59. The first-order chi connectivity index (χ1) is 15.3. The molecule has 2 aromatic rings. The first-order valence-corrected chi connectivity index (χ1v) is 11.9. The van der Waals surface area contributed by atoms with Gasteiger partial charge in [0.2, 0.25) is 5.91 Å². The van der Waals surface area contributed by atoms with Gasteiger partial charge < -0.3 is 15.5 Å². The van der Waals surface area contributed by atoms with Gasteiger partial charge in [0.05, 0.1) is 5.56 Å². The van der Waals surface area contributed by atoms with Crippen molar-refractivity contribution in [2.24, 2.45) is 5.41 Å². The Morgan fingerprint density at radius 3 is 2.41 bits per heavy atom. The van der Waals surface area contributed by atoms with Crippen molar-refractivity contribution in [3.05, 3.63) is 59.2 Å². The number of amides is 2. The summed E-state index contributed by atoms with van der Waals surface area (Å²) in [5.41, 5.74) is 4.43. The number of carbonyl (C=O) groups excluding carboxylic acids is 2. The average molecular weight is 434 g/mol. The van der Waals surface area contributed by atoms with E-state index in [1.807, 2.05) is 39.0 Å². The van der Waals surface area contributed by atoms with Crippen LogP contribution in [0.1, 0.15) is 74.4 Å². The molecule has 1 heterocycles. The molecule has 0 spiro atoms. The molecule has 170 valence electrons. The number of fused-ring (bicyclic) bond motifs is 1. The first-order valence-electron chi connectivity index (χ1n) is 11.9. The van der Waals surface area contributed by atoms with Crippen LogP contribution in [0, 0.1) is 5.41 Å². The third kappa shape index (κ3) is 5.14. The van der Waals surface area contributed by atoms with Gasteiger partial charge in [-0.1, -0.05) is 64.3 Å². The molecule has 1 fully saturated rings. The molecule has 1 aliphatic carbocycles. The number of rotatable bonds is 4. The normalized spacial score (nSPS) is 16.9. The molecule has 32 heavy (non-hydrogen) atoms. The summed E-state index contributed by atoms with van der Waals surface area (Å²) < 4.78 is 0. The molecule has 2 amide bonds. The van der Waals surface area contributed by atoms with Gasteiger partial charge in [-0.3, -0.25) is 9.59 Å². The van der Waals surface area contributed by atoms with Gasteiger partial charge in [-0.15, -0.1) is 0 Å². The summed E-state index contributed by atoms with van der Waals surface area (Å²) in [6, 6.07) is 14.5. The molecule has 0 aromatic heterocycles. The summed E-state index contributed by atoms with van der Waals surface area (Å²) >= 11 is 0. The minimum absolute atomic E-state index is 0.0439. The van der Waals surface area contributed by atoms with Crippen LogP contribution in [0.3, 0.4) is 0 Å². The summed E-state index contributed by atoms with van der Waals surface area (Å²) in [6.07, 6.45) is 6.63. The molecular weight excluding hydrogens is 398 g/mol. The molecule has 2 N–H and O–H groups in total. The Morgan fingerprint density at radius 2 is 1.69 bits per heavy atom. The first kappa shape index (κ1) is 22.4. The number of hydrogen-bond donors (Lipinski definition) is 2. The molecule has 2 aliphatic rings. The molecule has 0 atom stereocenters. The standard InChI is InChI=1S/C27H35N3O2/c1-27(2,3)26(32)29-22-13-14-24(30-16-15-19-9-7-8-10-20(19)18-30)23(17-22)25(31)28-21-11-5-4-6-12-21/h7-10,13-14,17,21H,4-6,11-12,15-16,18H2,1-3H3,(H,28,31)(H,29,32). The second-order valence-corrected chi connectivity index (χ2v) is 10.2. The van der Waals surface area contributed by atoms with E-state index < -0.39 is 5.41 Å². The van der Waals surface area contributed by atoms with Gasteiger partial charge in [-0.05, 0) is 48.6 Å². The molecule has 5 nitrogen and oxygen atoms in total. The topological polar surface area (TPSA) is 61.4 Å². The van der Waals surface area contributed by atoms with Crippen molar-refractivity contribution in [1.29, 1.82) is 0 Å². The highest BCUT2D eigenvalue weighted by molar-refractivity contribution is 6.02. The molecule has 0 radical (unpaired) electrons. The fraction of sp³-hybridized carbons (Fsp3) is 0.481. The van der Waals surface area contributed by atoms with Gasteiger partial charge in [-0.2, -0.15) is 0 Å². The smallest absolute Gasteiger partial charge is 0.253 e. The summed E-state index contributed by atoms with van der Waals surface area (Å²) in [5, 5.41) is 6.26. The van der Waals surface area contributed by atoms with E-state index in [4.69, 9.17) is 0 Å². The zero-order chi connectivity index (χ0) is 22.7. The largest absolute Gasteiger partial charge is 0.366 e. The number of anilines is 2. The maximum Gasteiger partial charge on any atom is 0.253 e. The summed E-state index contributed by atoms with van der Waals surface area (Å²) in [4.78, 5) is 28.2. The molecule has 0 saturated heterocycles. The number of nitrogens with one attached hydrogen (secondary N) is 2. The lowest BCUT2D eigenvalue weighted by Crippen LogP contribution is -2.38. The summed E-state index contributed by atoms with van der Waals surface area (Å²) in [5.74, 6) is -0.103. The minimum Gasteiger partial charge on any atom is -0.366 e. The van der Waals surface area contributed by atoms with Crippen molar-refractivity contribution in [1.82, 2.24) is 5.32 Å². The Balaban J connectivity index is 1.62. The second kappa shape index (κ2) is 9.35. The lowest BCUT2D eigenvalue weighted by atomic mass is 9.94. The van der Waals surface area contributed by atoms with E-state index in [0.29, 0.717) is 11.3 Å². The van der Waals surface area contributed by atoms with Crippen molar-refractivity contribution < 1.29 is 9.59 Å². The van der Waals surface area contributed by atoms with E-state index in [0.717, 1.165) is 38.0 Å². The Labute approximate surface area is 191 Å². The van der Waals surface area contributed by atoms with E-state index >= 15 is 0 Å². The van der Waals surface area contributed by atoms with Crippen LogP contribution in [0.5, 0.6) is 0 Å². The van der Waals surface area contributed by atoms with Crippen LogP contribution >= 0.6 is 0 Å². The van der Waals surface area contributed by atoms with Crippen molar-refractivity contribution in [2.75, 3.05) is 16.8 Å². The summed E-state index contributed by atoms with van der Waals surface area (Å²) in [7, 11) is 0. The van der Waals surface area contributed by atoms with Gasteiger partial charge in [0.1, 0.15) is 0 Å². The SMILES string of the molecule is CC(C)(C)C(=O)Nc1ccc(N2CCc3ccccc3C2)c(C(=O)NC2CCCCC2)c1. The molecule has 5 heteroatoms. The number of hydrogen-bond acceptors (Lipinski definition) is 3. The quantitative estimate of drug-likeness (QED) is 0.688. The van der Waals surface area contributed by atoms with Crippen LogP contribution in [-0.2, 0) is 17.8 Å². The van der Waals surface area contributed by atoms with E-state index in [1.165, 1.54) is 30.4 Å². The van der Waals surface area contributed by atoms with Gasteiger partial charge in [0.25, 0.3) is 5.91 Å². The fourth-order valence-corrected chi connectivity index (χ4v) is 4.60. The van der Waals surface area contributed by atoms with E-state index in [-0.39, 0.29) is 17.9 Å². The Kier molecular flexibility index (Phi) is 6.54. The fourth-order valence-electron chi connectivity index (χ4n) is 4.60. The molecule has 2 aromatic carbocycles. The predicted molar refractivity (Wildman–Crippen MR) is 130 cm³/mol. The Morgan fingerprint density at radius 1 is 0.969 bits per heavy atom. The van der Waals surface area contributed by atoms with Gasteiger partial charge in [0, 0.05) is 35.9 Å². The van der Waals surface area contributed by atoms with Gasteiger partial charge >= 0.3 is 0 Å². The maximum atomic E-state index is 13.4. The van der Waals surface area contributed by atoms with Crippen LogP contribution in [0.25, 0.3) is 0 Å². The van der Waals surface area contributed by atoms with Gasteiger partial charge in [-0.25, -0.2) is 0 Å². The Hall–Kier alpha value is -2.82. The van der Waals surface area contributed by atoms with Crippen LogP contribution in [0.4, 0.5) is 11.4 Å². The minimum atomic E-state index is -0.500. The van der Waals surface area contributed by atoms with Crippen molar-refractivity contribution in [3.8, 4) is 0 Å². The number of carbonyl (C=O) groups is 2. The summed E-state index contributed by atoms with van der Waals surface area (Å²) in [6.45, 7) is 7.32. The average Bonchev–Trinajstić information content (AvgIpc) is 2.78. The third-order valence-corrected chi connectivity index (χ3v) is 6.59. The molecule has 1 saturated carbocycles. The second-order valence-electron chi connectivity index (χ2n) is 10.2. The van der Waals surface area contributed by atoms with Crippen LogP contribution in [0.15, 0.2) is 42.5 Å². The Bertz CT molecular complexity index is 987. The van der Waals surface area contributed by atoms with Crippen LogP contribution in [0.2, 0.25) is 0 Å².